The molecule has 0 radical (unpaired) electrons. The van der Waals surface area contributed by atoms with E-state index in [4.69, 9.17) is 23.2 Å². The largest absolute Gasteiger partial charge is 0.365 e. The molecule has 0 aliphatic carbocycles. The van der Waals surface area contributed by atoms with Crippen LogP contribution in [0.1, 0.15) is 18.0 Å². The Balaban J connectivity index is 1.71. The smallest absolute Gasteiger partial charge is 0.319 e. The zero-order valence-electron chi connectivity index (χ0n) is 17.3. The van der Waals surface area contributed by atoms with E-state index >= 15 is 0 Å². The summed E-state index contributed by atoms with van der Waals surface area (Å²) in [5, 5.41) is 15.6. The second kappa shape index (κ2) is 10.6. The van der Waals surface area contributed by atoms with Gasteiger partial charge in [-0.1, -0.05) is 41.4 Å². The lowest BCUT2D eigenvalue weighted by Crippen LogP contribution is -2.50. The molecule has 5 N–H and O–H groups in total. The third kappa shape index (κ3) is 6.65. The number of carbonyl (C=O) groups is 2. The molecular formula is C21H26Cl2N6O2. The van der Waals surface area contributed by atoms with Crippen LogP contribution in [0.5, 0.6) is 0 Å². The van der Waals surface area contributed by atoms with Gasteiger partial charge in [0.2, 0.25) is 0 Å². The van der Waals surface area contributed by atoms with Crippen LogP contribution in [-0.2, 0) is 0 Å². The number of nitrogens with one attached hydrogen (secondary N) is 5. The summed E-state index contributed by atoms with van der Waals surface area (Å²) in [6.07, 6.45) is -0.0269. The molecule has 2 aromatic rings. The number of para-hydroxylation sites is 1. The summed E-state index contributed by atoms with van der Waals surface area (Å²) in [7, 11) is 3.87. The summed E-state index contributed by atoms with van der Waals surface area (Å²) in [5.74, 6) is 0. The first kappa shape index (κ1) is 23.0. The fourth-order valence-electron chi connectivity index (χ4n) is 3.33. The number of hydrogen-bond acceptors (Lipinski definition) is 4. The Morgan fingerprint density at radius 1 is 1.10 bits per heavy atom. The molecular weight excluding hydrogens is 439 g/mol. The van der Waals surface area contributed by atoms with E-state index in [1.807, 2.05) is 37.2 Å². The van der Waals surface area contributed by atoms with Gasteiger partial charge in [-0.05, 0) is 38.4 Å². The number of halogens is 2. The van der Waals surface area contributed by atoms with Crippen molar-refractivity contribution in [1.29, 1.82) is 0 Å². The molecule has 4 amide bonds. The summed E-state index contributed by atoms with van der Waals surface area (Å²) in [6, 6.07) is 11.4. The Labute approximate surface area is 191 Å². The number of anilines is 2. The molecule has 8 nitrogen and oxygen atoms in total. The average Bonchev–Trinajstić information content (AvgIpc) is 2.67. The van der Waals surface area contributed by atoms with Crippen LogP contribution in [0.15, 0.2) is 42.5 Å². The van der Waals surface area contributed by atoms with Gasteiger partial charge in [0, 0.05) is 46.5 Å². The van der Waals surface area contributed by atoms with Crippen molar-refractivity contribution in [3.05, 3.63) is 58.1 Å². The maximum atomic E-state index is 12.6. The number of fused-ring (bicyclic) bond motifs is 1. The van der Waals surface area contributed by atoms with Crippen molar-refractivity contribution >= 4 is 46.6 Å². The van der Waals surface area contributed by atoms with Gasteiger partial charge in [0.15, 0.2) is 0 Å². The number of benzene rings is 2. The quantitative estimate of drug-likeness (QED) is 0.448. The van der Waals surface area contributed by atoms with E-state index in [-0.39, 0.29) is 12.1 Å². The molecule has 10 heteroatoms. The Morgan fingerprint density at radius 3 is 2.55 bits per heavy atom. The van der Waals surface area contributed by atoms with Gasteiger partial charge in [-0.15, -0.1) is 0 Å². The second-order valence-electron chi connectivity index (χ2n) is 7.50. The number of hydrogen-bond donors (Lipinski definition) is 5. The lowest BCUT2D eigenvalue weighted by molar-refractivity contribution is 0.234. The minimum atomic E-state index is -0.434. The van der Waals surface area contributed by atoms with Crippen LogP contribution in [0, 0.1) is 0 Å². The van der Waals surface area contributed by atoms with E-state index in [9.17, 15) is 9.59 Å². The normalized spacial score (nSPS) is 17.3. The highest BCUT2D eigenvalue weighted by Crippen LogP contribution is 2.39. The van der Waals surface area contributed by atoms with Crippen LogP contribution < -0.4 is 26.6 Å². The van der Waals surface area contributed by atoms with Gasteiger partial charge in [0.25, 0.3) is 0 Å². The van der Waals surface area contributed by atoms with Crippen LogP contribution >= 0.6 is 23.2 Å². The van der Waals surface area contributed by atoms with E-state index in [0.717, 1.165) is 12.1 Å². The zero-order valence-corrected chi connectivity index (χ0v) is 18.8. The van der Waals surface area contributed by atoms with Crippen molar-refractivity contribution in [2.24, 2.45) is 0 Å². The minimum absolute atomic E-state index is 0.302. The number of carbonyl (C=O) groups excluding carboxylic acids is 2. The van der Waals surface area contributed by atoms with Crippen molar-refractivity contribution in [3.8, 4) is 0 Å². The van der Waals surface area contributed by atoms with Crippen LogP contribution in [0.25, 0.3) is 0 Å². The van der Waals surface area contributed by atoms with Gasteiger partial charge in [-0.3, -0.25) is 0 Å². The highest BCUT2D eigenvalue weighted by Gasteiger charge is 2.31. The topological polar surface area (TPSA) is 97.5 Å². The molecule has 2 unspecified atom stereocenters. The highest BCUT2D eigenvalue weighted by atomic mass is 35.5. The van der Waals surface area contributed by atoms with E-state index < -0.39 is 12.2 Å². The fraction of sp³-hybridized carbons (Fsp3) is 0.333. The molecule has 31 heavy (non-hydrogen) atoms. The first-order valence-electron chi connectivity index (χ1n) is 9.89. The van der Waals surface area contributed by atoms with E-state index in [0.29, 0.717) is 34.4 Å². The number of likely N-dealkylation sites (N-methyl/N-ethyl adjacent to an activating group) is 1. The Morgan fingerprint density at radius 2 is 1.84 bits per heavy atom. The molecule has 0 bridgehead atoms. The maximum absolute atomic E-state index is 12.6. The summed E-state index contributed by atoms with van der Waals surface area (Å²) in [6.45, 7) is 1.24. The molecule has 0 fully saturated rings. The molecule has 2 atom stereocenters. The van der Waals surface area contributed by atoms with Gasteiger partial charge in [0.05, 0.1) is 6.04 Å². The standard InChI is InChI=1S/C21H26Cl2N6O2/c1-29(2)9-8-24-20(30)28-18-12-17(19-15(23)10-13(22)11-16(19)26-18)27-21(31)25-14-6-4-3-5-7-14/h3-7,10-11,17-18,26H,8-9,12H2,1-2H3,(H2,24,28,30)(H2,25,27,31). The third-order valence-corrected chi connectivity index (χ3v) is 5.26. The lowest BCUT2D eigenvalue weighted by Gasteiger charge is -2.34. The average molecular weight is 465 g/mol. The molecule has 1 heterocycles. The second-order valence-corrected chi connectivity index (χ2v) is 8.35. The summed E-state index contributed by atoms with van der Waals surface area (Å²) in [4.78, 5) is 26.8. The van der Waals surface area contributed by atoms with Crippen molar-refractivity contribution in [2.75, 3.05) is 37.8 Å². The molecule has 1 aliphatic heterocycles. The third-order valence-electron chi connectivity index (χ3n) is 4.73. The van der Waals surface area contributed by atoms with Crippen molar-refractivity contribution in [1.82, 2.24) is 20.9 Å². The van der Waals surface area contributed by atoms with Crippen LogP contribution in [-0.4, -0.2) is 50.3 Å². The van der Waals surface area contributed by atoms with Gasteiger partial charge >= 0.3 is 12.1 Å². The first-order valence-corrected chi connectivity index (χ1v) is 10.6. The number of amides is 4. The Kier molecular flexibility index (Phi) is 7.84. The predicted octanol–water partition coefficient (Wildman–Crippen LogP) is 3.86. The summed E-state index contributed by atoms with van der Waals surface area (Å²) >= 11 is 12.6. The van der Waals surface area contributed by atoms with Crippen molar-refractivity contribution in [2.45, 2.75) is 18.6 Å². The summed E-state index contributed by atoms with van der Waals surface area (Å²) < 4.78 is 0. The zero-order chi connectivity index (χ0) is 22.4. The van der Waals surface area contributed by atoms with Crippen LogP contribution in [0.3, 0.4) is 0 Å². The molecule has 0 saturated carbocycles. The first-order chi connectivity index (χ1) is 14.8. The predicted molar refractivity (Wildman–Crippen MR) is 125 cm³/mol. The molecule has 0 saturated heterocycles. The van der Waals surface area contributed by atoms with Gasteiger partial charge in [-0.25, -0.2) is 9.59 Å². The van der Waals surface area contributed by atoms with Gasteiger partial charge in [0.1, 0.15) is 6.17 Å². The highest BCUT2D eigenvalue weighted by molar-refractivity contribution is 6.35. The molecule has 0 spiro atoms. The monoisotopic (exact) mass is 464 g/mol. The summed E-state index contributed by atoms with van der Waals surface area (Å²) in [5.41, 5.74) is 2.05. The van der Waals surface area contributed by atoms with Crippen molar-refractivity contribution in [3.63, 3.8) is 0 Å². The Bertz CT molecular complexity index is 926. The maximum Gasteiger partial charge on any atom is 0.319 e. The lowest BCUT2D eigenvalue weighted by atomic mass is 9.95. The number of urea groups is 2. The molecule has 0 aromatic heterocycles. The van der Waals surface area contributed by atoms with Gasteiger partial charge in [-0.2, -0.15) is 0 Å². The minimum Gasteiger partial charge on any atom is -0.365 e. The van der Waals surface area contributed by atoms with Crippen LogP contribution in [0.2, 0.25) is 10.0 Å². The number of nitrogens with zero attached hydrogens (tertiary/aromatic N) is 1. The SMILES string of the molecule is CN(C)CCNC(=O)NC1CC(NC(=O)Nc2ccccc2)c2c(Cl)cc(Cl)cc2N1. The Hall–Kier alpha value is -2.68. The fourth-order valence-corrected chi connectivity index (χ4v) is 3.96. The molecule has 1 aliphatic rings. The van der Waals surface area contributed by atoms with E-state index in [1.54, 1.807) is 24.3 Å². The molecule has 166 valence electrons. The van der Waals surface area contributed by atoms with Gasteiger partial charge < -0.3 is 31.5 Å². The van der Waals surface area contributed by atoms with Crippen molar-refractivity contribution < 1.29 is 9.59 Å². The van der Waals surface area contributed by atoms with E-state index in [1.165, 1.54) is 0 Å². The number of rotatable bonds is 6. The molecule has 2 aromatic carbocycles. The molecule has 3 rings (SSSR count). The van der Waals surface area contributed by atoms with Crippen LogP contribution in [0.4, 0.5) is 21.0 Å². The van der Waals surface area contributed by atoms with E-state index in [2.05, 4.69) is 26.6 Å².